The number of carbonyl (C=O) groups is 2. The smallest absolute Gasteiger partial charge is 0.410 e. The molecule has 2 N–H and O–H groups in total. The highest BCUT2D eigenvalue weighted by Crippen LogP contribution is 2.09. The third kappa shape index (κ3) is 9.32. The fraction of sp³-hybridized carbons (Fsp3) is 0.571. The maximum Gasteiger partial charge on any atom is 0.410 e. The van der Waals surface area contributed by atoms with E-state index in [0.717, 1.165) is 12.1 Å². The van der Waals surface area contributed by atoms with E-state index in [4.69, 9.17) is 4.74 Å². The van der Waals surface area contributed by atoms with Crippen LogP contribution >= 0.6 is 0 Å². The molecule has 0 aliphatic carbocycles. The highest BCUT2D eigenvalue weighted by molar-refractivity contribution is 5.93. The number of rotatable bonds is 7. The summed E-state index contributed by atoms with van der Waals surface area (Å²) in [5.41, 5.74) is 1.14. The molecule has 0 aromatic heterocycles. The van der Waals surface area contributed by atoms with E-state index in [1.165, 1.54) is 4.90 Å². The van der Waals surface area contributed by atoms with Crippen molar-refractivity contribution in [2.75, 3.05) is 40.8 Å². The van der Waals surface area contributed by atoms with Gasteiger partial charge in [0.25, 0.3) is 5.91 Å². The van der Waals surface area contributed by atoms with E-state index < -0.39 is 5.60 Å². The Morgan fingerprint density at radius 1 is 1.07 bits per heavy atom. The number of aliphatic imine (C=N–C) groups is 1. The molecule has 8 nitrogen and oxygen atoms in total. The van der Waals surface area contributed by atoms with Crippen LogP contribution in [0.1, 0.15) is 43.6 Å². The van der Waals surface area contributed by atoms with Crippen molar-refractivity contribution in [1.29, 1.82) is 0 Å². The van der Waals surface area contributed by atoms with Crippen LogP contribution in [0.4, 0.5) is 4.79 Å². The minimum atomic E-state index is -0.512. The molecule has 0 bridgehead atoms. The molecule has 1 rings (SSSR count). The summed E-state index contributed by atoms with van der Waals surface area (Å²) in [7, 11) is 5.17. The Kier molecular flexibility index (Phi) is 9.44. The summed E-state index contributed by atoms with van der Waals surface area (Å²) >= 11 is 0. The Morgan fingerprint density at radius 2 is 1.69 bits per heavy atom. The first-order chi connectivity index (χ1) is 13.5. The first-order valence-electron chi connectivity index (χ1n) is 9.80. The van der Waals surface area contributed by atoms with E-state index in [2.05, 4.69) is 15.6 Å². The van der Waals surface area contributed by atoms with Crippen LogP contribution in [0.2, 0.25) is 0 Å². The Morgan fingerprint density at radius 3 is 2.21 bits per heavy atom. The van der Waals surface area contributed by atoms with Gasteiger partial charge in [-0.05, 0) is 45.4 Å². The Balaban J connectivity index is 2.58. The van der Waals surface area contributed by atoms with Crippen LogP contribution < -0.4 is 10.6 Å². The first kappa shape index (κ1) is 24.3. The summed E-state index contributed by atoms with van der Waals surface area (Å²) < 4.78 is 5.34. The molecule has 0 radical (unpaired) electrons. The average molecular weight is 406 g/mol. The van der Waals surface area contributed by atoms with E-state index in [-0.39, 0.29) is 12.0 Å². The Bertz CT molecular complexity index is 693. The monoisotopic (exact) mass is 405 g/mol. The quantitative estimate of drug-likeness (QED) is 0.537. The predicted molar refractivity (Wildman–Crippen MR) is 116 cm³/mol. The molecule has 1 aromatic carbocycles. The van der Waals surface area contributed by atoms with E-state index in [0.29, 0.717) is 31.2 Å². The average Bonchev–Trinajstić information content (AvgIpc) is 2.64. The number of carbonyl (C=O) groups excluding carboxylic acids is 2. The van der Waals surface area contributed by atoms with Crippen molar-refractivity contribution >= 4 is 18.0 Å². The number of nitrogens with one attached hydrogen (secondary N) is 2. The molecule has 0 unspecified atom stereocenters. The SMILES string of the molecule is CCNC(=NCc1ccc(C(=O)N(C)C)cc1)NCCN(C)C(=O)OC(C)(C)C. The number of likely N-dealkylation sites (N-methyl/N-ethyl adjacent to an activating group) is 1. The Hall–Kier alpha value is -2.77. The lowest BCUT2D eigenvalue weighted by molar-refractivity contribution is 0.0302. The summed E-state index contributed by atoms with van der Waals surface area (Å²) in [4.78, 5) is 31.6. The second-order valence-corrected chi connectivity index (χ2v) is 7.92. The normalized spacial score (nSPS) is 11.6. The van der Waals surface area contributed by atoms with Crippen molar-refractivity contribution in [3.05, 3.63) is 35.4 Å². The van der Waals surface area contributed by atoms with Crippen LogP contribution in [0.5, 0.6) is 0 Å². The van der Waals surface area contributed by atoms with Gasteiger partial charge in [0.1, 0.15) is 5.60 Å². The third-order valence-corrected chi connectivity index (χ3v) is 3.82. The number of hydrogen-bond acceptors (Lipinski definition) is 4. The molecule has 0 saturated heterocycles. The molecule has 0 heterocycles. The molecule has 0 saturated carbocycles. The molecule has 162 valence electrons. The molecule has 0 atom stereocenters. The maximum atomic E-state index is 12.0. The van der Waals surface area contributed by atoms with Gasteiger partial charge in [0, 0.05) is 46.3 Å². The van der Waals surface area contributed by atoms with E-state index in [1.54, 1.807) is 26.0 Å². The summed E-state index contributed by atoms with van der Waals surface area (Å²) in [5.74, 6) is 0.641. The zero-order valence-electron chi connectivity index (χ0n) is 18.7. The molecule has 0 spiro atoms. The highest BCUT2D eigenvalue weighted by Gasteiger charge is 2.19. The van der Waals surface area contributed by atoms with Gasteiger partial charge in [-0.15, -0.1) is 0 Å². The molecule has 0 aliphatic heterocycles. The Labute approximate surface area is 174 Å². The zero-order valence-corrected chi connectivity index (χ0v) is 18.7. The fourth-order valence-corrected chi connectivity index (χ4v) is 2.30. The van der Waals surface area contributed by atoms with E-state index in [1.807, 2.05) is 52.0 Å². The van der Waals surface area contributed by atoms with E-state index in [9.17, 15) is 9.59 Å². The van der Waals surface area contributed by atoms with Crippen molar-refractivity contribution in [2.24, 2.45) is 4.99 Å². The largest absolute Gasteiger partial charge is 0.444 e. The van der Waals surface area contributed by atoms with Crippen molar-refractivity contribution < 1.29 is 14.3 Å². The van der Waals surface area contributed by atoms with Crippen molar-refractivity contribution in [3.8, 4) is 0 Å². The van der Waals surface area contributed by atoms with Gasteiger partial charge in [0.05, 0.1) is 6.54 Å². The van der Waals surface area contributed by atoms with Crippen LogP contribution in [-0.2, 0) is 11.3 Å². The number of guanidine groups is 1. The van der Waals surface area contributed by atoms with Crippen molar-refractivity contribution in [2.45, 2.75) is 39.8 Å². The fourth-order valence-electron chi connectivity index (χ4n) is 2.30. The number of hydrogen-bond donors (Lipinski definition) is 2. The van der Waals surface area contributed by atoms with Gasteiger partial charge in [0.15, 0.2) is 5.96 Å². The van der Waals surface area contributed by atoms with Gasteiger partial charge in [-0.3, -0.25) is 4.79 Å². The maximum absolute atomic E-state index is 12.0. The number of amides is 2. The van der Waals surface area contributed by atoms with Crippen LogP contribution in [0.3, 0.4) is 0 Å². The second kappa shape index (κ2) is 11.3. The zero-order chi connectivity index (χ0) is 22.0. The number of nitrogens with zero attached hydrogens (tertiary/aromatic N) is 3. The minimum absolute atomic E-state index is 0.0239. The van der Waals surface area contributed by atoms with Gasteiger partial charge in [0.2, 0.25) is 0 Å². The topological polar surface area (TPSA) is 86.3 Å². The number of benzene rings is 1. The third-order valence-electron chi connectivity index (χ3n) is 3.82. The summed E-state index contributed by atoms with van der Waals surface area (Å²) in [5, 5.41) is 6.39. The molecule has 2 amide bonds. The molecule has 8 heteroatoms. The summed E-state index contributed by atoms with van der Waals surface area (Å²) in [6.45, 7) is 9.75. The van der Waals surface area contributed by atoms with Crippen LogP contribution in [-0.4, -0.2) is 74.1 Å². The molecule has 0 aliphatic rings. The molecule has 29 heavy (non-hydrogen) atoms. The van der Waals surface area contributed by atoms with Gasteiger partial charge < -0.3 is 25.2 Å². The standard InChI is InChI=1S/C21H35N5O3/c1-8-22-19(23-13-14-26(7)20(28)29-21(2,3)4)24-15-16-9-11-17(12-10-16)18(27)25(5)6/h9-12H,8,13-15H2,1-7H3,(H2,22,23,24). The lowest BCUT2D eigenvalue weighted by atomic mass is 10.1. The molecular weight excluding hydrogens is 370 g/mol. The van der Waals surface area contributed by atoms with Crippen molar-refractivity contribution in [1.82, 2.24) is 20.4 Å². The summed E-state index contributed by atoms with van der Waals surface area (Å²) in [6.07, 6.45) is -0.353. The van der Waals surface area contributed by atoms with Gasteiger partial charge in [-0.1, -0.05) is 12.1 Å². The molecule has 1 aromatic rings. The van der Waals surface area contributed by atoms with Crippen LogP contribution in [0.15, 0.2) is 29.3 Å². The first-order valence-corrected chi connectivity index (χ1v) is 9.80. The van der Waals surface area contributed by atoms with Gasteiger partial charge in [-0.25, -0.2) is 9.79 Å². The van der Waals surface area contributed by atoms with Gasteiger partial charge >= 0.3 is 6.09 Å². The lowest BCUT2D eigenvalue weighted by Crippen LogP contribution is -2.43. The summed E-state index contributed by atoms with van der Waals surface area (Å²) in [6, 6.07) is 7.42. The molecule has 0 fully saturated rings. The highest BCUT2D eigenvalue weighted by atomic mass is 16.6. The molecular formula is C21H35N5O3. The lowest BCUT2D eigenvalue weighted by Gasteiger charge is -2.24. The minimum Gasteiger partial charge on any atom is -0.444 e. The predicted octanol–water partition coefficient (Wildman–Crippen LogP) is 2.31. The second-order valence-electron chi connectivity index (χ2n) is 7.92. The van der Waals surface area contributed by atoms with Gasteiger partial charge in [-0.2, -0.15) is 0 Å². The number of ether oxygens (including phenoxy) is 1. The van der Waals surface area contributed by atoms with Crippen LogP contribution in [0.25, 0.3) is 0 Å². The van der Waals surface area contributed by atoms with Crippen LogP contribution in [0, 0.1) is 0 Å². The van der Waals surface area contributed by atoms with Crippen molar-refractivity contribution in [3.63, 3.8) is 0 Å². The van der Waals surface area contributed by atoms with E-state index >= 15 is 0 Å².